The van der Waals surface area contributed by atoms with Gasteiger partial charge in [0.15, 0.2) is 0 Å². The van der Waals surface area contributed by atoms with E-state index in [0.717, 1.165) is 17.6 Å². The van der Waals surface area contributed by atoms with Crippen molar-refractivity contribution >= 4 is 16.9 Å². The van der Waals surface area contributed by atoms with Crippen LogP contribution in [-0.4, -0.2) is 22.5 Å². The number of aromatic amines is 1. The Bertz CT molecular complexity index is 884. The number of fused-ring (bicyclic) bond motifs is 3. The van der Waals surface area contributed by atoms with Crippen LogP contribution in [0, 0.1) is 0 Å². The van der Waals surface area contributed by atoms with Gasteiger partial charge in [-0.15, -0.1) is 0 Å². The van der Waals surface area contributed by atoms with Crippen molar-refractivity contribution in [3.8, 4) is 0 Å². The van der Waals surface area contributed by atoms with Gasteiger partial charge in [0.05, 0.1) is 6.04 Å². The van der Waals surface area contributed by atoms with Crippen LogP contribution >= 0.6 is 0 Å². The monoisotopic (exact) mass is 319 g/mol. The molecule has 1 aromatic heterocycles. The SMILES string of the molecule is C[C@@H](c1ccccc1)C1c2[nH]c3ccccc3c2CCN1C(N)=O. The Morgan fingerprint density at radius 1 is 1.17 bits per heavy atom. The average Bonchev–Trinajstić information content (AvgIpc) is 2.99. The highest BCUT2D eigenvalue weighted by atomic mass is 16.2. The van der Waals surface area contributed by atoms with Gasteiger partial charge in [-0.05, 0) is 23.6 Å². The lowest BCUT2D eigenvalue weighted by molar-refractivity contribution is 0.166. The van der Waals surface area contributed by atoms with Crippen LogP contribution in [0.5, 0.6) is 0 Å². The molecule has 122 valence electrons. The first-order valence-corrected chi connectivity index (χ1v) is 8.37. The zero-order valence-corrected chi connectivity index (χ0v) is 13.7. The van der Waals surface area contributed by atoms with Crippen molar-refractivity contribution in [2.75, 3.05) is 6.54 Å². The summed E-state index contributed by atoms with van der Waals surface area (Å²) in [6.45, 7) is 2.82. The number of para-hydroxylation sites is 1. The van der Waals surface area contributed by atoms with Crippen LogP contribution < -0.4 is 5.73 Å². The number of rotatable bonds is 2. The van der Waals surface area contributed by atoms with Crippen LogP contribution in [0.15, 0.2) is 54.6 Å². The number of hydrogen-bond donors (Lipinski definition) is 2. The van der Waals surface area contributed by atoms with E-state index in [1.807, 2.05) is 24.3 Å². The van der Waals surface area contributed by atoms with E-state index in [4.69, 9.17) is 5.73 Å². The van der Waals surface area contributed by atoms with Crippen LogP contribution in [-0.2, 0) is 6.42 Å². The Hall–Kier alpha value is -2.75. The molecule has 24 heavy (non-hydrogen) atoms. The van der Waals surface area contributed by atoms with E-state index in [2.05, 4.69) is 42.2 Å². The lowest BCUT2D eigenvalue weighted by atomic mass is 9.85. The number of benzene rings is 2. The van der Waals surface area contributed by atoms with Gasteiger partial charge in [0, 0.05) is 29.1 Å². The third kappa shape index (κ3) is 2.26. The molecule has 1 unspecified atom stereocenters. The number of amides is 2. The van der Waals surface area contributed by atoms with Gasteiger partial charge in [-0.25, -0.2) is 4.79 Å². The average molecular weight is 319 g/mol. The summed E-state index contributed by atoms with van der Waals surface area (Å²) in [7, 11) is 0. The molecule has 0 spiro atoms. The molecule has 4 heteroatoms. The molecular formula is C20H21N3O. The summed E-state index contributed by atoms with van der Waals surface area (Å²) in [6.07, 6.45) is 0.834. The molecule has 2 amide bonds. The molecule has 4 rings (SSSR count). The molecule has 2 aromatic carbocycles. The molecule has 3 N–H and O–H groups in total. The normalized spacial score (nSPS) is 18.4. The lowest BCUT2D eigenvalue weighted by Crippen LogP contribution is -2.44. The first-order chi connectivity index (χ1) is 11.7. The highest BCUT2D eigenvalue weighted by molar-refractivity contribution is 5.86. The molecule has 1 aliphatic heterocycles. The van der Waals surface area contributed by atoms with Crippen LogP contribution in [0.3, 0.4) is 0 Å². The predicted octanol–water partition coefficient (Wildman–Crippen LogP) is 3.95. The fraction of sp³-hybridized carbons (Fsp3) is 0.250. The number of carbonyl (C=O) groups is 1. The minimum Gasteiger partial charge on any atom is -0.356 e. The van der Waals surface area contributed by atoms with Gasteiger partial charge in [-0.1, -0.05) is 55.5 Å². The summed E-state index contributed by atoms with van der Waals surface area (Å²) >= 11 is 0. The Morgan fingerprint density at radius 2 is 1.88 bits per heavy atom. The largest absolute Gasteiger partial charge is 0.356 e. The molecule has 0 saturated carbocycles. The molecule has 0 aliphatic carbocycles. The van der Waals surface area contributed by atoms with E-state index in [0.29, 0.717) is 6.54 Å². The number of primary amides is 1. The fourth-order valence-corrected chi connectivity index (χ4v) is 3.98. The predicted molar refractivity (Wildman–Crippen MR) is 95.9 cm³/mol. The lowest BCUT2D eigenvalue weighted by Gasteiger charge is -2.38. The number of nitrogens with one attached hydrogen (secondary N) is 1. The zero-order valence-electron chi connectivity index (χ0n) is 13.7. The third-order valence-corrected chi connectivity index (χ3v) is 5.16. The van der Waals surface area contributed by atoms with Crippen molar-refractivity contribution in [2.45, 2.75) is 25.3 Å². The highest BCUT2D eigenvalue weighted by Gasteiger charge is 2.36. The molecule has 4 nitrogen and oxygen atoms in total. The van der Waals surface area contributed by atoms with Gasteiger partial charge in [0.2, 0.25) is 0 Å². The topological polar surface area (TPSA) is 62.1 Å². The maximum absolute atomic E-state index is 12.1. The Kier molecular flexibility index (Phi) is 3.53. The summed E-state index contributed by atoms with van der Waals surface area (Å²) in [6, 6.07) is 18.2. The van der Waals surface area contributed by atoms with E-state index in [-0.39, 0.29) is 18.0 Å². The minimum atomic E-state index is -0.355. The van der Waals surface area contributed by atoms with Gasteiger partial charge in [0.25, 0.3) is 0 Å². The highest BCUT2D eigenvalue weighted by Crippen LogP contribution is 2.42. The molecule has 3 aromatic rings. The third-order valence-electron chi connectivity index (χ3n) is 5.16. The number of aromatic nitrogens is 1. The molecule has 0 bridgehead atoms. The smallest absolute Gasteiger partial charge is 0.315 e. The molecule has 1 aliphatic rings. The maximum Gasteiger partial charge on any atom is 0.315 e. The maximum atomic E-state index is 12.1. The molecule has 0 radical (unpaired) electrons. The van der Waals surface area contributed by atoms with Crippen molar-refractivity contribution in [2.24, 2.45) is 5.73 Å². The van der Waals surface area contributed by atoms with Crippen LogP contribution in [0.1, 0.15) is 35.7 Å². The quantitative estimate of drug-likeness (QED) is 0.738. The van der Waals surface area contributed by atoms with Gasteiger partial charge < -0.3 is 15.6 Å². The van der Waals surface area contributed by atoms with E-state index < -0.39 is 0 Å². The first kappa shape index (κ1) is 14.8. The second-order valence-corrected chi connectivity index (χ2v) is 6.49. The first-order valence-electron chi connectivity index (χ1n) is 8.37. The summed E-state index contributed by atoms with van der Waals surface area (Å²) in [5.41, 5.74) is 10.5. The number of nitrogens with zero attached hydrogens (tertiary/aromatic N) is 1. The number of carbonyl (C=O) groups excluding carboxylic acids is 1. The molecule has 0 saturated heterocycles. The van der Waals surface area contributed by atoms with Crippen molar-refractivity contribution in [3.05, 3.63) is 71.4 Å². The van der Waals surface area contributed by atoms with E-state index in [9.17, 15) is 4.79 Å². The zero-order chi connectivity index (χ0) is 16.7. The van der Waals surface area contributed by atoms with Crippen molar-refractivity contribution in [1.29, 1.82) is 0 Å². The number of hydrogen-bond acceptors (Lipinski definition) is 1. The van der Waals surface area contributed by atoms with Crippen molar-refractivity contribution < 1.29 is 4.79 Å². The Labute approximate surface area is 141 Å². The molecule has 2 atom stereocenters. The van der Waals surface area contributed by atoms with Crippen LogP contribution in [0.4, 0.5) is 4.79 Å². The van der Waals surface area contributed by atoms with Crippen molar-refractivity contribution in [3.63, 3.8) is 0 Å². The van der Waals surface area contributed by atoms with Gasteiger partial charge in [-0.3, -0.25) is 0 Å². The second kappa shape index (κ2) is 5.71. The molecule has 0 fully saturated rings. The Balaban J connectivity index is 1.87. The van der Waals surface area contributed by atoms with Crippen molar-refractivity contribution in [1.82, 2.24) is 9.88 Å². The number of nitrogens with two attached hydrogens (primary N) is 1. The summed E-state index contributed by atoms with van der Waals surface area (Å²) in [5, 5.41) is 1.25. The summed E-state index contributed by atoms with van der Waals surface area (Å²) in [5.74, 6) is 0.158. The molecular weight excluding hydrogens is 298 g/mol. The van der Waals surface area contributed by atoms with E-state index in [1.165, 1.54) is 16.5 Å². The minimum absolute atomic E-state index is 0.0685. The Morgan fingerprint density at radius 3 is 2.62 bits per heavy atom. The summed E-state index contributed by atoms with van der Waals surface area (Å²) < 4.78 is 0. The van der Waals surface area contributed by atoms with E-state index in [1.54, 1.807) is 4.90 Å². The fourth-order valence-electron chi connectivity index (χ4n) is 3.98. The standard InChI is InChI=1S/C20H21N3O/c1-13(14-7-3-2-4-8-14)19-18-16(11-12-23(19)20(21)24)15-9-5-6-10-17(15)22-18/h2-10,13,19,22H,11-12H2,1H3,(H2,21,24)/t13-,19?/m0/s1. The van der Waals surface area contributed by atoms with Gasteiger partial charge in [0.1, 0.15) is 0 Å². The van der Waals surface area contributed by atoms with Gasteiger partial charge >= 0.3 is 6.03 Å². The second-order valence-electron chi connectivity index (χ2n) is 6.49. The summed E-state index contributed by atoms with van der Waals surface area (Å²) in [4.78, 5) is 17.4. The van der Waals surface area contributed by atoms with Crippen LogP contribution in [0.2, 0.25) is 0 Å². The van der Waals surface area contributed by atoms with Crippen LogP contribution in [0.25, 0.3) is 10.9 Å². The number of H-pyrrole nitrogens is 1. The number of urea groups is 1. The molecule has 2 heterocycles. The van der Waals surface area contributed by atoms with E-state index >= 15 is 0 Å². The van der Waals surface area contributed by atoms with Gasteiger partial charge in [-0.2, -0.15) is 0 Å².